The van der Waals surface area contributed by atoms with Crippen LogP contribution in [0.5, 0.6) is 0 Å². The van der Waals surface area contributed by atoms with Crippen LogP contribution in [-0.4, -0.2) is 21.1 Å². The molecule has 0 aromatic carbocycles. The van der Waals surface area contributed by atoms with Crippen molar-refractivity contribution < 1.29 is 0 Å². The van der Waals surface area contributed by atoms with E-state index in [1.165, 1.54) is 30.7 Å². The second-order valence-electron chi connectivity index (χ2n) is 7.19. The van der Waals surface area contributed by atoms with Gasteiger partial charge in [-0.25, -0.2) is 0 Å². The second kappa shape index (κ2) is 5.88. The van der Waals surface area contributed by atoms with Crippen LogP contribution in [0.4, 0.5) is 0 Å². The molecule has 20 heavy (non-hydrogen) atoms. The Morgan fingerprint density at radius 3 is 2.75 bits per heavy atom. The summed E-state index contributed by atoms with van der Waals surface area (Å²) in [7, 11) is 0. The van der Waals surface area contributed by atoms with Crippen LogP contribution in [0.1, 0.15) is 52.4 Å². The Labute approximate surface area is 137 Å². The molecule has 2 saturated carbocycles. The fourth-order valence-electron chi connectivity index (χ4n) is 5.40. The van der Waals surface area contributed by atoms with Crippen LogP contribution in [0.3, 0.4) is 0 Å². The van der Waals surface area contributed by atoms with Crippen LogP contribution >= 0.6 is 22.6 Å². The lowest BCUT2D eigenvalue weighted by molar-refractivity contribution is 0.0952. The fourth-order valence-corrected chi connectivity index (χ4v) is 6.99. The predicted octanol–water partition coefficient (Wildman–Crippen LogP) is 4.77. The lowest BCUT2D eigenvalue weighted by Crippen LogP contribution is -2.48. The smallest absolute Gasteiger partial charge is 0.0273 e. The predicted molar refractivity (Wildman–Crippen MR) is 92.8 cm³/mol. The number of fused-ring (bicyclic) bond motifs is 3. The summed E-state index contributed by atoms with van der Waals surface area (Å²) in [6.07, 6.45) is 12.0. The molecule has 6 unspecified atom stereocenters. The van der Waals surface area contributed by atoms with Gasteiger partial charge in [-0.3, -0.25) is 0 Å². The maximum absolute atomic E-state index is 12.5. The Morgan fingerprint density at radius 2 is 2.00 bits per heavy atom. The first-order chi connectivity index (χ1) is 9.57. The summed E-state index contributed by atoms with van der Waals surface area (Å²) < 4.78 is 0.305. The number of hydrogen-bond donors (Lipinski definition) is 0. The molecule has 0 bridgehead atoms. The molecule has 0 N–H and O–H groups in total. The van der Waals surface area contributed by atoms with Gasteiger partial charge in [0.15, 0.2) is 0 Å². The molecule has 3 rings (SSSR count). The van der Waals surface area contributed by atoms with Crippen LogP contribution in [0.25, 0.3) is 0 Å². The van der Waals surface area contributed by atoms with Gasteiger partial charge in [0.2, 0.25) is 0 Å². The Morgan fingerprint density at radius 1 is 1.25 bits per heavy atom. The summed E-state index contributed by atoms with van der Waals surface area (Å²) in [5.41, 5.74) is 0. The van der Waals surface area contributed by atoms with Gasteiger partial charge >= 0.3 is 0 Å². The van der Waals surface area contributed by atoms with E-state index in [1.807, 2.05) is 0 Å². The van der Waals surface area contributed by atoms with Gasteiger partial charge in [-0.15, -0.1) is 0 Å². The molecule has 0 saturated heterocycles. The molecule has 0 amide bonds. The topological polar surface area (TPSA) is 26.3 Å². The molecule has 0 aromatic rings. The molecule has 2 nitrogen and oxygen atoms in total. The first kappa shape index (κ1) is 15.3. The first-order valence-corrected chi connectivity index (χ1v) is 9.43. The third kappa shape index (κ3) is 2.38. The van der Waals surface area contributed by atoms with Gasteiger partial charge in [-0.2, -0.15) is 0 Å². The summed E-state index contributed by atoms with van der Waals surface area (Å²) in [4.78, 5) is 0. The van der Waals surface area contributed by atoms with Crippen molar-refractivity contribution in [1.82, 2.24) is 5.06 Å². The summed E-state index contributed by atoms with van der Waals surface area (Å²) in [6.45, 7) is 5.27. The van der Waals surface area contributed by atoms with Crippen molar-refractivity contribution in [3.05, 3.63) is 17.4 Å². The van der Waals surface area contributed by atoms with Crippen LogP contribution in [0.15, 0.2) is 12.2 Å². The molecule has 0 heterocycles. The van der Waals surface area contributed by atoms with Crippen LogP contribution in [0, 0.1) is 28.9 Å². The Balaban J connectivity index is 1.88. The summed E-state index contributed by atoms with van der Waals surface area (Å²) >= 11 is 2.71. The number of halogens is 1. The lowest BCUT2D eigenvalue weighted by atomic mass is 9.72. The van der Waals surface area contributed by atoms with E-state index in [9.17, 15) is 5.21 Å². The summed E-state index contributed by atoms with van der Waals surface area (Å²) in [5, 5.41) is 14.0. The van der Waals surface area contributed by atoms with Gasteiger partial charge in [-0.1, -0.05) is 48.1 Å². The quantitative estimate of drug-likeness (QED) is 0.301. The van der Waals surface area contributed by atoms with E-state index < -0.39 is 0 Å². The van der Waals surface area contributed by atoms with Crippen molar-refractivity contribution in [3.63, 3.8) is 0 Å². The largest absolute Gasteiger partial charge is 0.785 e. The first-order valence-electron chi connectivity index (χ1n) is 8.35. The van der Waals surface area contributed by atoms with Crippen LogP contribution < -0.4 is 0 Å². The Bertz CT molecular complexity index is 381. The molecular weight excluding hydrogens is 361 g/mol. The van der Waals surface area contributed by atoms with Crippen molar-refractivity contribution in [2.24, 2.45) is 23.7 Å². The van der Waals surface area contributed by atoms with Gasteiger partial charge < -0.3 is 10.3 Å². The minimum absolute atomic E-state index is 0.279. The molecular formula is C17H27INO-. The van der Waals surface area contributed by atoms with Gasteiger partial charge in [-0.05, 0) is 69.2 Å². The molecule has 3 aliphatic rings. The van der Waals surface area contributed by atoms with E-state index in [0.717, 1.165) is 30.6 Å². The lowest BCUT2D eigenvalue weighted by Gasteiger charge is -2.49. The number of allylic oxidation sites excluding steroid dienone is 2. The molecule has 3 aliphatic carbocycles. The monoisotopic (exact) mass is 388 g/mol. The van der Waals surface area contributed by atoms with E-state index in [0.29, 0.717) is 15.9 Å². The number of hydroxylamine groups is 2. The fraction of sp³-hybridized carbons (Fsp3) is 0.882. The Hall–Kier alpha value is 0.390. The second-order valence-corrected chi connectivity index (χ2v) is 9.52. The molecule has 0 aromatic heterocycles. The normalized spacial score (nSPS) is 47.4. The molecule has 2 fully saturated rings. The SMILES string of the molecule is CCCN([O-])C1CCCC2C3CC=CCC3C(C)(I)C21. The van der Waals surface area contributed by atoms with Crippen molar-refractivity contribution >= 4 is 22.6 Å². The maximum atomic E-state index is 12.5. The third-order valence-electron chi connectivity index (χ3n) is 6.14. The van der Waals surface area contributed by atoms with E-state index in [2.05, 4.69) is 48.6 Å². The molecule has 6 atom stereocenters. The minimum atomic E-state index is 0.279. The van der Waals surface area contributed by atoms with E-state index in [-0.39, 0.29) is 6.04 Å². The minimum Gasteiger partial charge on any atom is -0.785 e. The highest BCUT2D eigenvalue weighted by molar-refractivity contribution is 14.1. The summed E-state index contributed by atoms with van der Waals surface area (Å²) in [5.74, 6) is 3.03. The molecule has 0 spiro atoms. The van der Waals surface area contributed by atoms with Gasteiger partial charge in [0.1, 0.15) is 0 Å². The third-order valence-corrected chi connectivity index (χ3v) is 7.65. The van der Waals surface area contributed by atoms with E-state index in [1.54, 1.807) is 0 Å². The highest BCUT2D eigenvalue weighted by Crippen LogP contribution is 2.62. The van der Waals surface area contributed by atoms with Gasteiger partial charge in [0, 0.05) is 9.46 Å². The van der Waals surface area contributed by atoms with Crippen LogP contribution in [-0.2, 0) is 0 Å². The average molecular weight is 388 g/mol. The number of rotatable bonds is 3. The van der Waals surface area contributed by atoms with Crippen LogP contribution in [0.2, 0.25) is 0 Å². The number of nitrogens with zero attached hydrogens (tertiary/aromatic N) is 1. The van der Waals surface area contributed by atoms with E-state index >= 15 is 0 Å². The molecule has 114 valence electrons. The zero-order chi connectivity index (χ0) is 14.3. The van der Waals surface area contributed by atoms with Crippen molar-refractivity contribution in [2.75, 3.05) is 6.54 Å². The zero-order valence-corrected chi connectivity index (χ0v) is 14.9. The molecule has 3 heteroatoms. The van der Waals surface area contributed by atoms with Crippen molar-refractivity contribution in [2.45, 2.75) is 61.8 Å². The number of hydrogen-bond acceptors (Lipinski definition) is 2. The standard InChI is InChI=1S/C17H27INO/c1-3-11-19(20)15-10-6-8-13-12-7-4-5-9-14(12)17(2,18)16(13)15/h4-5,12-16H,3,6-11H2,1-2H3/q-1. The van der Waals surface area contributed by atoms with Crippen molar-refractivity contribution in [3.8, 4) is 0 Å². The van der Waals surface area contributed by atoms with Gasteiger partial charge in [0.05, 0.1) is 0 Å². The average Bonchev–Trinajstić information content (AvgIpc) is 2.69. The maximum Gasteiger partial charge on any atom is 0.0273 e. The highest BCUT2D eigenvalue weighted by atomic mass is 127. The van der Waals surface area contributed by atoms with E-state index in [4.69, 9.17) is 0 Å². The van der Waals surface area contributed by atoms with Gasteiger partial charge in [0.25, 0.3) is 0 Å². The molecule has 0 radical (unpaired) electrons. The zero-order valence-electron chi connectivity index (χ0n) is 12.7. The molecule has 0 aliphatic heterocycles. The van der Waals surface area contributed by atoms with Crippen molar-refractivity contribution in [1.29, 1.82) is 0 Å². The highest BCUT2D eigenvalue weighted by Gasteiger charge is 2.58. The Kier molecular flexibility index (Phi) is 4.50. The number of alkyl halides is 1. The summed E-state index contributed by atoms with van der Waals surface area (Å²) in [6, 6.07) is 0.279.